The second kappa shape index (κ2) is 6.45. The number of carbonyl (C=O) groups excluding carboxylic acids is 1. The van der Waals surface area contributed by atoms with E-state index < -0.39 is 11.7 Å². The van der Waals surface area contributed by atoms with Gasteiger partial charge in [0, 0.05) is 5.02 Å². The van der Waals surface area contributed by atoms with E-state index in [2.05, 4.69) is 0 Å². The Morgan fingerprint density at radius 1 is 1.24 bits per heavy atom. The number of ether oxygens (including phenoxy) is 2. The fourth-order valence-electron chi connectivity index (χ4n) is 1.78. The number of nitrogens with two attached hydrogens (primary N) is 1. The third-order valence-corrected chi connectivity index (χ3v) is 3.05. The fourth-order valence-corrected chi connectivity index (χ4v) is 1.95. The number of hydrogen-bond donors (Lipinski definition) is 1. The van der Waals surface area contributed by atoms with Crippen molar-refractivity contribution in [1.82, 2.24) is 0 Å². The quantitative estimate of drug-likeness (QED) is 0.922. The van der Waals surface area contributed by atoms with Gasteiger partial charge in [-0.3, -0.25) is 4.79 Å². The predicted octanol–water partition coefficient (Wildman–Crippen LogP) is 3.17. The summed E-state index contributed by atoms with van der Waals surface area (Å²) < 4.78 is 23.9. The number of carbonyl (C=O) groups is 1. The number of rotatable bonds is 5. The Labute approximate surface area is 126 Å². The van der Waals surface area contributed by atoms with Crippen LogP contribution in [-0.4, -0.2) is 13.0 Å². The average molecular weight is 310 g/mol. The van der Waals surface area contributed by atoms with Gasteiger partial charge in [0.15, 0.2) is 11.6 Å². The van der Waals surface area contributed by atoms with Crippen molar-refractivity contribution in [3.8, 4) is 11.5 Å². The number of methoxy groups -OCH3 is 1. The predicted molar refractivity (Wildman–Crippen MR) is 77.3 cm³/mol. The first-order valence-electron chi connectivity index (χ1n) is 6.06. The largest absolute Gasteiger partial charge is 0.494 e. The van der Waals surface area contributed by atoms with Crippen LogP contribution in [0.25, 0.3) is 0 Å². The molecule has 0 aliphatic rings. The number of benzene rings is 2. The number of amides is 1. The summed E-state index contributed by atoms with van der Waals surface area (Å²) in [6.07, 6.45) is 0. The van der Waals surface area contributed by atoms with Crippen LogP contribution in [0.1, 0.15) is 15.9 Å². The lowest BCUT2D eigenvalue weighted by molar-refractivity contribution is 0.0996. The van der Waals surface area contributed by atoms with E-state index >= 15 is 0 Å². The Morgan fingerprint density at radius 2 is 1.95 bits per heavy atom. The first-order chi connectivity index (χ1) is 10.0. The highest BCUT2D eigenvalue weighted by atomic mass is 35.5. The van der Waals surface area contributed by atoms with Gasteiger partial charge in [-0.2, -0.15) is 0 Å². The monoisotopic (exact) mass is 309 g/mol. The minimum atomic E-state index is -0.645. The third-order valence-electron chi connectivity index (χ3n) is 2.82. The van der Waals surface area contributed by atoms with Gasteiger partial charge in [0.2, 0.25) is 0 Å². The van der Waals surface area contributed by atoms with E-state index in [4.69, 9.17) is 26.8 Å². The number of hydrogen-bond acceptors (Lipinski definition) is 3. The van der Waals surface area contributed by atoms with Crippen molar-refractivity contribution in [2.75, 3.05) is 7.11 Å². The average Bonchev–Trinajstić information content (AvgIpc) is 2.46. The van der Waals surface area contributed by atoms with Crippen LogP contribution in [0.4, 0.5) is 4.39 Å². The van der Waals surface area contributed by atoms with E-state index in [1.807, 2.05) is 0 Å². The van der Waals surface area contributed by atoms with Gasteiger partial charge in [-0.05, 0) is 35.9 Å². The molecule has 0 spiro atoms. The molecule has 1 amide bonds. The summed E-state index contributed by atoms with van der Waals surface area (Å²) in [5.74, 6) is -0.676. The molecule has 110 valence electrons. The second-order valence-electron chi connectivity index (χ2n) is 4.26. The minimum absolute atomic E-state index is 0.0861. The minimum Gasteiger partial charge on any atom is -0.494 e. The van der Waals surface area contributed by atoms with Crippen molar-refractivity contribution in [3.63, 3.8) is 0 Å². The Bertz CT molecular complexity index is 676. The van der Waals surface area contributed by atoms with E-state index in [0.717, 1.165) is 0 Å². The molecule has 0 heterocycles. The lowest BCUT2D eigenvalue weighted by Gasteiger charge is -2.11. The Morgan fingerprint density at radius 3 is 2.57 bits per heavy atom. The molecule has 0 bridgehead atoms. The Balaban J connectivity index is 2.16. The number of halogens is 2. The molecule has 2 N–H and O–H groups in total. The Kier molecular flexibility index (Phi) is 4.65. The topological polar surface area (TPSA) is 61.6 Å². The lowest BCUT2D eigenvalue weighted by Crippen LogP contribution is -2.13. The molecule has 6 heteroatoms. The van der Waals surface area contributed by atoms with Crippen LogP contribution in [0.3, 0.4) is 0 Å². The molecule has 0 aromatic heterocycles. The van der Waals surface area contributed by atoms with Crippen molar-refractivity contribution in [2.45, 2.75) is 6.61 Å². The second-order valence-corrected chi connectivity index (χ2v) is 4.70. The van der Waals surface area contributed by atoms with E-state index in [1.54, 1.807) is 18.2 Å². The zero-order valence-corrected chi connectivity index (χ0v) is 12.0. The maximum atomic E-state index is 13.6. The molecule has 0 radical (unpaired) electrons. The summed E-state index contributed by atoms with van der Waals surface area (Å²) in [4.78, 5) is 11.3. The molecule has 21 heavy (non-hydrogen) atoms. The van der Waals surface area contributed by atoms with Crippen LogP contribution in [0, 0.1) is 5.82 Å². The summed E-state index contributed by atoms with van der Waals surface area (Å²) in [6.45, 7) is 0.0861. The van der Waals surface area contributed by atoms with E-state index in [9.17, 15) is 9.18 Å². The molecule has 0 unspecified atom stereocenters. The highest BCUT2D eigenvalue weighted by Crippen LogP contribution is 2.24. The van der Waals surface area contributed by atoms with Crippen molar-refractivity contribution in [1.29, 1.82) is 0 Å². The van der Waals surface area contributed by atoms with Gasteiger partial charge in [-0.25, -0.2) is 4.39 Å². The van der Waals surface area contributed by atoms with Crippen LogP contribution in [0.5, 0.6) is 11.5 Å². The van der Waals surface area contributed by atoms with Crippen LogP contribution in [0.15, 0.2) is 36.4 Å². The van der Waals surface area contributed by atoms with Crippen LogP contribution in [-0.2, 0) is 6.61 Å². The lowest BCUT2D eigenvalue weighted by atomic mass is 10.2. The van der Waals surface area contributed by atoms with Gasteiger partial charge in [-0.1, -0.05) is 17.7 Å². The van der Waals surface area contributed by atoms with Crippen molar-refractivity contribution < 1.29 is 18.7 Å². The summed E-state index contributed by atoms with van der Waals surface area (Å²) >= 11 is 5.81. The van der Waals surface area contributed by atoms with Gasteiger partial charge >= 0.3 is 0 Å². The van der Waals surface area contributed by atoms with Crippen LogP contribution in [0.2, 0.25) is 5.02 Å². The van der Waals surface area contributed by atoms with Crippen LogP contribution >= 0.6 is 11.6 Å². The first kappa shape index (κ1) is 15.1. The van der Waals surface area contributed by atoms with Gasteiger partial charge in [0.1, 0.15) is 12.4 Å². The molecule has 0 aliphatic carbocycles. The van der Waals surface area contributed by atoms with Crippen LogP contribution < -0.4 is 15.2 Å². The first-order valence-corrected chi connectivity index (χ1v) is 6.43. The van der Waals surface area contributed by atoms with Crippen molar-refractivity contribution in [2.24, 2.45) is 5.73 Å². The molecule has 0 atom stereocenters. The molecule has 2 rings (SSSR count). The maximum absolute atomic E-state index is 13.6. The van der Waals surface area contributed by atoms with E-state index in [-0.39, 0.29) is 17.9 Å². The summed E-state index contributed by atoms with van der Waals surface area (Å²) in [7, 11) is 1.39. The molecule has 0 saturated carbocycles. The molecule has 0 aliphatic heterocycles. The van der Waals surface area contributed by atoms with Crippen molar-refractivity contribution in [3.05, 3.63) is 58.4 Å². The highest BCUT2D eigenvalue weighted by molar-refractivity contribution is 6.31. The SMILES string of the molecule is COc1ccc(COc2ccc(Cl)cc2C(N)=O)cc1F. The maximum Gasteiger partial charge on any atom is 0.252 e. The molecular weight excluding hydrogens is 297 g/mol. The standard InChI is InChI=1S/C15H13ClFNO3/c1-20-14-4-2-9(6-12(14)17)8-21-13-5-3-10(16)7-11(13)15(18)19/h2-7H,8H2,1H3,(H2,18,19). The highest BCUT2D eigenvalue weighted by Gasteiger charge is 2.11. The summed E-state index contributed by atoms with van der Waals surface area (Å²) in [6, 6.07) is 9.03. The summed E-state index contributed by atoms with van der Waals surface area (Å²) in [5, 5.41) is 0.381. The van der Waals surface area contributed by atoms with Crippen molar-refractivity contribution >= 4 is 17.5 Å². The molecule has 4 nitrogen and oxygen atoms in total. The normalized spacial score (nSPS) is 10.2. The zero-order valence-electron chi connectivity index (χ0n) is 11.2. The van der Waals surface area contributed by atoms with Gasteiger partial charge in [-0.15, -0.1) is 0 Å². The zero-order chi connectivity index (χ0) is 15.4. The van der Waals surface area contributed by atoms with E-state index in [0.29, 0.717) is 16.3 Å². The smallest absolute Gasteiger partial charge is 0.252 e. The van der Waals surface area contributed by atoms with Gasteiger partial charge in [0.25, 0.3) is 5.91 Å². The van der Waals surface area contributed by atoms with Gasteiger partial charge in [0.05, 0.1) is 12.7 Å². The molecule has 0 fully saturated rings. The fraction of sp³-hybridized carbons (Fsp3) is 0.133. The number of primary amides is 1. The molecular formula is C15H13ClFNO3. The third kappa shape index (κ3) is 3.64. The summed E-state index contributed by atoms with van der Waals surface area (Å²) in [5.41, 5.74) is 6.03. The molecule has 2 aromatic carbocycles. The molecule has 0 saturated heterocycles. The van der Waals surface area contributed by atoms with Gasteiger partial charge < -0.3 is 15.2 Å². The molecule has 2 aromatic rings. The van der Waals surface area contributed by atoms with E-state index in [1.165, 1.54) is 25.3 Å². The Hall–Kier alpha value is -2.27.